The highest BCUT2D eigenvalue weighted by Gasteiger charge is 2.13. The Labute approximate surface area is 75.4 Å². The zero-order chi connectivity index (χ0) is 9.35. The Morgan fingerprint density at radius 1 is 1.25 bits per heavy atom. The van der Waals surface area contributed by atoms with Crippen LogP contribution >= 0.6 is 0 Å². The number of nitrogens with two attached hydrogens (primary N) is 1. The lowest BCUT2D eigenvalue weighted by atomic mass is 9.82. The summed E-state index contributed by atoms with van der Waals surface area (Å²) in [5.41, 5.74) is 9.34. The van der Waals surface area contributed by atoms with Crippen LogP contribution in [-0.4, -0.2) is 7.85 Å². The SMILES string of the molecule is Bc1cc(C(C)(C)C)ccc1N. The van der Waals surface area contributed by atoms with Crippen LogP contribution in [0.4, 0.5) is 5.69 Å². The van der Waals surface area contributed by atoms with Crippen LogP contribution < -0.4 is 11.2 Å². The van der Waals surface area contributed by atoms with E-state index in [9.17, 15) is 0 Å². The molecule has 0 aliphatic rings. The molecule has 2 heteroatoms. The molecule has 0 aliphatic heterocycles. The van der Waals surface area contributed by atoms with Gasteiger partial charge < -0.3 is 5.73 Å². The van der Waals surface area contributed by atoms with Gasteiger partial charge in [0.05, 0.1) is 0 Å². The molecule has 1 aromatic rings. The Balaban J connectivity index is 3.14. The molecular formula is C10H16BN. The number of anilines is 1. The van der Waals surface area contributed by atoms with E-state index in [2.05, 4.69) is 32.9 Å². The predicted octanol–water partition coefficient (Wildman–Crippen LogP) is 0.825. The topological polar surface area (TPSA) is 26.0 Å². The van der Waals surface area contributed by atoms with Crippen molar-refractivity contribution in [3.63, 3.8) is 0 Å². The molecule has 0 spiro atoms. The lowest BCUT2D eigenvalue weighted by Gasteiger charge is -2.19. The molecule has 1 rings (SSSR count). The van der Waals surface area contributed by atoms with Crippen molar-refractivity contribution in [2.24, 2.45) is 0 Å². The van der Waals surface area contributed by atoms with E-state index in [0.29, 0.717) is 0 Å². The summed E-state index contributed by atoms with van der Waals surface area (Å²) in [7, 11) is 2.05. The number of hydrogen-bond donors (Lipinski definition) is 1. The van der Waals surface area contributed by atoms with Gasteiger partial charge in [0.15, 0.2) is 0 Å². The molecule has 0 fully saturated rings. The van der Waals surface area contributed by atoms with Crippen LogP contribution in [0.1, 0.15) is 26.3 Å². The van der Waals surface area contributed by atoms with Gasteiger partial charge >= 0.3 is 0 Å². The Hall–Kier alpha value is -0.915. The highest BCUT2D eigenvalue weighted by Crippen LogP contribution is 2.21. The second-order valence-electron chi connectivity index (χ2n) is 4.32. The highest BCUT2D eigenvalue weighted by molar-refractivity contribution is 6.35. The van der Waals surface area contributed by atoms with E-state index in [1.54, 1.807) is 0 Å². The zero-order valence-electron chi connectivity index (χ0n) is 8.31. The molecule has 0 amide bonds. The molecule has 64 valence electrons. The molecule has 0 unspecified atom stereocenters. The fourth-order valence-electron chi connectivity index (χ4n) is 1.14. The second kappa shape index (κ2) is 2.85. The largest absolute Gasteiger partial charge is 0.399 e. The molecule has 0 radical (unpaired) electrons. The summed E-state index contributed by atoms with van der Waals surface area (Å²) < 4.78 is 0. The van der Waals surface area contributed by atoms with E-state index in [0.717, 1.165) is 5.69 Å². The Morgan fingerprint density at radius 2 is 1.83 bits per heavy atom. The van der Waals surface area contributed by atoms with E-state index < -0.39 is 0 Å². The van der Waals surface area contributed by atoms with Crippen LogP contribution in [0.5, 0.6) is 0 Å². The summed E-state index contributed by atoms with van der Waals surface area (Å²) in [5, 5.41) is 0. The van der Waals surface area contributed by atoms with Crippen molar-refractivity contribution in [2.75, 3.05) is 5.73 Å². The molecule has 0 atom stereocenters. The van der Waals surface area contributed by atoms with Gasteiger partial charge in [-0.2, -0.15) is 0 Å². The molecule has 2 N–H and O–H groups in total. The normalized spacial score (nSPS) is 11.6. The lowest BCUT2D eigenvalue weighted by Crippen LogP contribution is -2.17. The molecule has 0 bridgehead atoms. The Bertz CT molecular complexity index is 286. The summed E-state index contributed by atoms with van der Waals surface area (Å²) in [6.45, 7) is 6.62. The van der Waals surface area contributed by atoms with E-state index in [1.807, 2.05) is 13.9 Å². The highest BCUT2D eigenvalue weighted by atomic mass is 14.5. The van der Waals surface area contributed by atoms with E-state index >= 15 is 0 Å². The quantitative estimate of drug-likeness (QED) is 0.442. The summed E-state index contributed by atoms with van der Waals surface area (Å²) >= 11 is 0. The van der Waals surface area contributed by atoms with Crippen molar-refractivity contribution < 1.29 is 0 Å². The molecule has 1 aromatic carbocycles. The average Bonchev–Trinajstić information content (AvgIpc) is 1.92. The summed E-state index contributed by atoms with van der Waals surface area (Å²) in [4.78, 5) is 0. The molecule has 0 saturated heterocycles. The van der Waals surface area contributed by atoms with Crippen molar-refractivity contribution in [1.82, 2.24) is 0 Å². The lowest BCUT2D eigenvalue weighted by molar-refractivity contribution is 0.591. The maximum absolute atomic E-state index is 5.73. The van der Waals surface area contributed by atoms with Crippen LogP contribution in [0.15, 0.2) is 18.2 Å². The first-order chi connectivity index (χ1) is 5.41. The summed E-state index contributed by atoms with van der Waals surface area (Å²) in [5.74, 6) is 0. The molecule has 0 saturated carbocycles. The van der Waals surface area contributed by atoms with E-state index in [1.165, 1.54) is 11.0 Å². The van der Waals surface area contributed by atoms with Crippen molar-refractivity contribution in [2.45, 2.75) is 26.2 Å². The summed E-state index contributed by atoms with van der Waals surface area (Å²) in [6.07, 6.45) is 0. The monoisotopic (exact) mass is 161 g/mol. The smallest absolute Gasteiger partial charge is 0.142 e. The van der Waals surface area contributed by atoms with Crippen molar-refractivity contribution in [1.29, 1.82) is 0 Å². The Kier molecular flexibility index (Phi) is 2.18. The average molecular weight is 161 g/mol. The van der Waals surface area contributed by atoms with Gasteiger partial charge in [0, 0.05) is 5.69 Å². The Morgan fingerprint density at radius 3 is 2.25 bits per heavy atom. The van der Waals surface area contributed by atoms with Crippen LogP contribution in [0.25, 0.3) is 0 Å². The third-order valence-corrected chi connectivity index (χ3v) is 2.14. The minimum absolute atomic E-state index is 0.221. The molecule has 12 heavy (non-hydrogen) atoms. The van der Waals surface area contributed by atoms with Gasteiger partial charge in [0.1, 0.15) is 7.85 Å². The van der Waals surface area contributed by atoms with Crippen LogP contribution in [0.2, 0.25) is 0 Å². The van der Waals surface area contributed by atoms with Crippen molar-refractivity contribution >= 4 is 19.0 Å². The molecular weight excluding hydrogens is 145 g/mol. The van der Waals surface area contributed by atoms with Crippen LogP contribution in [-0.2, 0) is 5.41 Å². The number of hydrogen-bond acceptors (Lipinski definition) is 1. The van der Waals surface area contributed by atoms with Gasteiger partial charge in [-0.15, -0.1) is 0 Å². The zero-order valence-corrected chi connectivity index (χ0v) is 8.31. The number of nitrogen functional groups attached to an aromatic ring is 1. The van der Waals surface area contributed by atoms with Crippen LogP contribution in [0, 0.1) is 0 Å². The maximum Gasteiger partial charge on any atom is 0.142 e. The third kappa shape index (κ3) is 1.82. The standard InChI is InChI=1S/C10H16BN/c1-10(2,3)7-4-5-9(12)8(11)6-7/h4-6H,11-12H2,1-3H3. The fraction of sp³-hybridized carbons (Fsp3) is 0.400. The van der Waals surface area contributed by atoms with E-state index in [4.69, 9.17) is 5.73 Å². The minimum Gasteiger partial charge on any atom is -0.399 e. The molecule has 1 nitrogen and oxygen atoms in total. The molecule has 0 heterocycles. The number of rotatable bonds is 0. The summed E-state index contributed by atoms with van der Waals surface area (Å²) in [6, 6.07) is 6.24. The first-order valence-electron chi connectivity index (χ1n) is 4.28. The molecule has 0 aromatic heterocycles. The van der Waals surface area contributed by atoms with Crippen molar-refractivity contribution in [3.8, 4) is 0 Å². The minimum atomic E-state index is 0.221. The first-order valence-corrected chi connectivity index (χ1v) is 4.28. The maximum atomic E-state index is 5.73. The van der Waals surface area contributed by atoms with Gasteiger partial charge in [-0.1, -0.05) is 38.4 Å². The van der Waals surface area contributed by atoms with Gasteiger partial charge in [0.25, 0.3) is 0 Å². The van der Waals surface area contributed by atoms with Gasteiger partial charge in [0.2, 0.25) is 0 Å². The van der Waals surface area contributed by atoms with Gasteiger partial charge in [-0.25, -0.2) is 0 Å². The number of benzene rings is 1. The predicted molar refractivity (Wildman–Crippen MR) is 57.7 cm³/mol. The first kappa shape index (κ1) is 9.18. The van der Waals surface area contributed by atoms with E-state index in [-0.39, 0.29) is 5.41 Å². The van der Waals surface area contributed by atoms with Gasteiger partial charge in [-0.05, 0) is 17.0 Å². The third-order valence-electron chi connectivity index (χ3n) is 2.14. The van der Waals surface area contributed by atoms with Gasteiger partial charge in [-0.3, -0.25) is 0 Å². The van der Waals surface area contributed by atoms with Crippen molar-refractivity contribution in [3.05, 3.63) is 23.8 Å². The molecule has 0 aliphatic carbocycles. The van der Waals surface area contributed by atoms with Crippen LogP contribution in [0.3, 0.4) is 0 Å². The fourth-order valence-corrected chi connectivity index (χ4v) is 1.14. The second-order valence-corrected chi connectivity index (χ2v) is 4.32.